The summed E-state index contributed by atoms with van der Waals surface area (Å²) in [6.07, 6.45) is 1.85. The molecule has 2 aromatic rings. The second kappa shape index (κ2) is 10.8. The number of hydrogen-bond donors (Lipinski definition) is 0. The van der Waals surface area contributed by atoms with E-state index in [2.05, 4.69) is 0 Å². The van der Waals surface area contributed by atoms with Gasteiger partial charge in [0.05, 0.1) is 31.6 Å². The van der Waals surface area contributed by atoms with Crippen molar-refractivity contribution in [3.63, 3.8) is 0 Å². The lowest BCUT2D eigenvalue weighted by molar-refractivity contribution is -0.134. The van der Waals surface area contributed by atoms with Gasteiger partial charge in [-0.15, -0.1) is 0 Å². The summed E-state index contributed by atoms with van der Waals surface area (Å²) < 4.78 is 39.5. The van der Waals surface area contributed by atoms with Gasteiger partial charge in [-0.05, 0) is 36.8 Å². The molecule has 1 fully saturated rings. The molecule has 0 spiro atoms. The number of carbonyl (C=O) groups is 2. The molecule has 3 rings (SSSR count). The van der Waals surface area contributed by atoms with Gasteiger partial charge in [0.2, 0.25) is 11.8 Å². The Morgan fingerprint density at radius 1 is 1.12 bits per heavy atom. The molecule has 0 saturated carbocycles. The lowest BCUT2D eigenvalue weighted by atomic mass is 10.1. The van der Waals surface area contributed by atoms with Crippen LogP contribution in [0, 0.1) is 5.92 Å². The summed E-state index contributed by atoms with van der Waals surface area (Å²) in [5.74, 6) is 0.891. The molecule has 1 atom stereocenters. The number of carbonyl (C=O) groups excluding carboxylic acids is 2. The molecule has 1 unspecified atom stereocenters. The van der Waals surface area contributed by atoms with Crippen LogP contribution in [-0.4, -0.2) is 72.4 Å². The zero-order chi connectivity index (χ0) is 24.9. The summed E-state index contributed by atoms with van der Waals surface area (Å²) >= 11 is 0. The largest absolute Gasteiger partial charge is 0.493 e. The summed E-state index contributed by atoms with van der Waals surface area (Å²) in [4.78, 5) is 28.9. The van der Waals surface area contributed by atoms with Crippen LogP contribution in [0.25, 0.3) is 0 Å². The second-order valence-corrected chi connectivity index (χ2v) is 10.2. The minimum absolute atomic E-state index is 0.101. The Kier molecular flexibility index (Phi) is 8.03. The lowest BCUT2D eigenvalue weighted by Crippen LogP contribution is -2.35. The molecule has 0 radical (unpaired) electrons. The first kappa shape index (κ1) is 25.4. The minimum atomic E-state index is -3.30. The summed E-state index contributed by atoms with van der Waals surface area (Å²) in [7, 11) is 1.47. The normalized spacial score (nSPS) is 15.8. The summed E-state index contributed by atoms with van der Waals surface area (Å²) in [6, 6.07) is 11.5. The number of benzene rings is 2. The van der Waals surface area contributed by atoms with Gasteiger partial charge in [0.15, 0.2) is 21.3 Å². The molecule has 0 aliphatic carbocycles. The van der Waals surface area contributed by atoms with E-state index in [1.807, 2.05) is 0 Å². The highest BCUT2D eigenvalue weighted by Gasteiger charge is 2.36. The van der Waals surface area contributed by atoms with E-state index in [0.717, 1.165) is 6.26 Å². The second-order valence-electron chi connectivity index (χ2n) is 8.15. The third kappa shape index (κ3) is 5.99. The molecular formula is C24H30N2O7S. The van der Waals surface area contributed by atoms with E-state index >= 15 is 0 Å². The van der Waals surface area contributed by atoms with E-state index < -0.39 is 15.8 Å². The van der Waals surface area contributed by atoms with Crippen LogP contribution in [0.1, 0.15) is 12.8 Å². The van der Waals surface area contributed by atoms with Crippen molar-refractivity contribution in [1.29, 1.82) is 0 Å². The highest BCUT2D eigenvalue weighted by Crippen LogP contribution is 2.34. The first-order valence-corrected chi connectivity index (χ1v) is 12.7. The van der Waals surface area contributed by atoms with Gasteiger partial charge in [-0.1, -0.05) is 6.07 Å². The van der Waals surface area contributed by atoms with Crippen molar-refractivity contribution >= 4 is 27.3 Å². The first-order valence-electron chi connectivity index (χ1n) is 10.8. The summed E-state index contributed by atoms with van der Waals surface area (Å²) in [6.45, 7) is 1.07. The topological polar surface area (TPSA) is 102 Å². The van der Waals surface area contributed by atoms with Gasteiger partial charge in [0.1, 0.15) is 5.75 Å². The lowest BCUT2D eigenvalue weighted by Gasteiger charge is -2.22. The maximum Gasteiger partial charge on any atom is 0.227 e. The fourth-order valence-electron chi connectivity index (χ4n) is 3.82. The smallest absolute Gasteiger partial charge is 0.227 e. The molecule has 0 N–H and O–H groups in total. The van der Waals surface area contributed by atoms with Gasteiger partial charge in [-0.3, -0.25) is 9.59 Å². The number of hydrogen-bond acceptors (Lipinski definition) is 7. The van der Waals surface area contributed by atoms with Crippen molar-refractivity contribution in [2.24, 2.45) is 5.92 Å². The SMILES string of the molecule is COc1ccc(N2CC(C(=O)N(C)CCCOc3cccc(S(C)(=O)=O)c3)CC2=O)cc1OC. The molecule has 34 heavy (non-hydrogen) atoms. The van der Waals surface area contributed by atoms with Crippen molar-refractivity contribution in [3.8, 4) is 17.2 Å². The Labute approximate surface area is 200 Å². The van der Waals surface area contributed by atoms with Crippen molar-refractivity contribution in [2.75, 3.05) is 52.1 Å². The zero-order valence-corrected chi connectivity index (χ0v) is 20.6. The van der Waals surface area contributed by atoms with Crippen molar-refractivity contribution in [2.45, 2.75) is 17.7 Å². The van der Waals surface area contributed by atoms with Crippen LogP contribution >= 0.6 is 0 Å². The zero-order valence-electron chi connectivity index (χ0n) is 19.8. The molecule has 0 aromatic heterocycles. The van der Waals surface area contributed by atoms with Crippen LogP contribution in [0.3, 0.4) is 0 Å². The van der Waals surface area contributed by atoms with Crippen LogP contribution in [0.5, 0.6) is 17.2 Å². The number of anilines is 1. The Hall–Kier alpha value is -3.27. The Balaban J connectivity index is 1.52. The monoisotopic (exact) mass is 490 g/mol. The number of ether oxygens (including phenoxy) is 3. The van der Waals surface area contributed by atoms with Gasteiger partial charge < -0.3 is 24.0 Å². The van der Waals surface area contributed by atoms with Crippen LogP contribution in [0.15, 0.2) is 47.4 Å². The van der Waals surface area contributed by atoms with Gasteiger partial charge in [0.25, 0.3) is 0 Å². The van der Waals surface area contributed by atoms with Crippen LogP contribution in [0.4, 0.5) is 5.69 Å². The van der Waals surface area contributed by atoms with E-state index in [-0.39, 0.29) is 23.1 Å². The molecule has 9 nitrogen and oxygen atoms in total. The summed E-state index contributed by atoms with van der Waals surface area (Å²) in [5.41, 5.74) is 0.658. The molecule has 2 aromatic carbocycles. The average Bonchev–Trinajstić information content (AvgIpc) is 3.21. The fourth-order valence-corrected chi connectivity index (χ4v) is 4.48. The van der Waals surface area contributed by atoms with Crippen LogP contribution < -0.4 is 19.1 Å². The predicted molar refractivity (Wildman–Crippen MR) is 127 cm³/mol. The number of methoxy groups -OCH3 is 2. The van der Waals surface area contributed by atoms with E-state index in [9.17, 15) is 18.0 Å². The van der Waals surface area contributed by atoms with Gasteiger partial charge in [-0.2, -0.15) is 0 Å². The highest BCUT2D eigenvalue weighted by molar-refractivity contribution is 7.90. The minimum Gasteiger partial charge on any atom is -0.493 e. The summed E-state index contributed by atoms with van der Waals surface area (Å²) in [5, 5.41) is 0. The van der Waals surface area contributed by atoms with Gasteiger partial charge in [-0.25, -0.2) is 8.42 Å². The molecule has 0 bridgehead atoms. The quantitative estimate of drug-likeness (QED) is 0.471. The maximum atomic E-state index is 12.9. The Morgan fingerprint density at radius 3 is 2.53 bits per heavy atom. The van der Waals surface area contributed by atoms with Crippen molar-refractivity contribution in [3.05, 3.63) is 42.5 Å². The molecule has 1 aliphatic rings. The molecule has 1 aliphatic heterocycles. The predicted octanol–water partition coefficient (Wildman–Crippen LogP) is 2.39. The molecule has 2 amide bonds. The van der Waals surface area contributed by atoms with Gasteiger partial charge in [0, 0.05) is 44.6 Å². The number of sulfone groups is 1. The van der Waals surface area contributed by atoms with Crippen LogP contribution in [-0.2, 0) is 19.4 Å². The van der Waals surface area contributed by atoms with Crippen molar-refractivity contribution < 1.29 is 32.2 Å². The molecular weight excluding hydrogens is 460 g/mol. The number of amides is 2. The number of nitrogens with zero attached hydrogens (tertiary/aromatic N) is 2. The fraction of sp³-hybridized carbons (Fsp3) is 0.417. The van der Waals surface area contributed by atoms with E-state index in [4.69, 9.17) is 14.2 Å². The van der Waals surface area contributed by atoms with Crippen LogP contribution in [0.2, 0.25) is 0 Å². The molecule has 1 heterocycles. The van der Waals surface area contributed by atoms with E-state index in [1.54, 1.807) is 54.3 Å². The molecule has 1 saturated heterocycles. The Bertz CT molecular complexity index is 1150. The molecule has 184 valence electrons. The van der Waals surface area contributed by atoms with E-state index in [1.165, 1.54) is 19.2 Å². The third-order valence-corrected chi connectivity index (χ3v) is 6.78. The van der Waals surface area contributed by atoms with Crippen molar-refractivity contribution in [1.82, 2.24) is 4.90 Å². The Morgan fingerprint density at radius 2 is 1.85 bits per heavy atom. The first-order chi connectivity index (χ1) is 16.1. The molecule has 10 heteroatoms. The highest BCUT2D eigenvalue weighted by atomic mass is 32.2. The average molecular weight is 491 g/mol. The van der Waals surface area contributed by atoms with E-state index in [0.29, 0.717) is 49.1 Å². The maximum absolute atomic E-state index is 12.9. The van der Waals surface area contributed by atoms with Gasteiger partial charge >= 0.3 is 0 Å². The standard InChI is InChI=1S/C24H30N2O7S/c1-25(11-6-12-33-19-7-5-8-20(15-19)34(4,29)30)24(28)17-13-23(27)26(16-17)18-9-10-21(31-2)22(14-18)32-3/h5,7-10,14-15,17H,6,11-13,16H2,1-4H3. The number of rotatable bonds is 10. The third-order valence-electron chi connectivity index (χ3n) is 5.67.